The Kier molecular flexibility index (Phi) is 3.94. The van der Waals surface area contributed by atoms with Crippen molar-refractivity contribution in [1.29, 1.82) is 0 Å². The number of methoxy groups -OCH3 is 1. The molecule has 0 atom stereocenters. The van der Waals surface area contributed by atoms with E-state index in [4.69, 9.17) is 14.0 Å². The highest BCUT2D eigenvalue weighted by atomic mass is 16.5. The molecule has 0 unspecified atom stereocenters. The first-order chi connectivity index (χ1) is 9.86. The van der Waals surface area contributed by atoms with Gasteiger partial charge in [0, 0.05) is 13.1 Å². The second-order valence-corrected chi connectivity index (χ2v) is 4.60. The molecule has 0 radical (unpaired) electrons. The number of hydrogen-bond acceptors (Lipinski definition) is 6. The zero-order chi connectivity index (χ0) is 13.8. The lowest BCUT2D eigenvalue weighted by atomic mass is 10.2. The van der Waals surface area contributed by atoms with Crippen LogP contribution in [0.25, 0.3) is 11.4 Å². The van der Waals surface area contributed by atoms with Gasteiger partial charge in [-0.2, -0.15) is 4.98 Å². The Morgan fingerprint density at radius 1 is 1.25 bits per heavy atom. The lowest BCUT2D eigenvalue weighted by molar-refractivity contribution is 0.0297. The summed E-state index contributed by atoms with van der Waals surface area (Å²) in [4.78, 5) is 6.68. The maximum atomic E-state index is 5.32. The molecule has 1 fully saturated rings. The summed E-state index contributed by atoms with van der Waals surface area (Å²) in [5.41, 5.74) is 0.840. The van der Waals surface area contributed by atoms with Crippen molar-refractivity contribution in [2.45, 2.75) is 6.54 Å². The van der Waals surface area contributed by atoms with Gasteiger partial charge >= 0.3 is 0 Å². The van der Waals surface area contributed by atoms with Crippen LogP contribution in [0.1, 0.15) is 5.89 Å². The van der Waals surface area contributed by atoms with E-state index in [0.29, 0.717) is 18.3 Å². The van der Waals surface area contributed by atoms with Crippen LogP contribution in [0.15, 0.2) is 28.8 Å². The van der Waals surface area contributed by atoms with E-state index in [1.807, 2.05) is 24.3 Å². The van der Waals surface area contributed by atoms with Crippen LogP contribution in [0.2, 0.25) is 0 Å². The summed E-state index contributed by atoms with van der Waals surface area (Å²) in [5, 5.41) is 4.04. The SMILES string of the molecule is COc1ccccc1-c1noc(CN2CCOCC2)n1. The Hall–Kier alpha value is -1.92. The van der Waals surface area contributed by atoms with Gasteiger partial charge in [-0.15, -0.1) is 0 Å². The molecule has 1 saturated heterocycles. The molecule has 0 N–H and O–H groups in total. The smallest absolute Gasteiger partial charge is 0.241 e. The molecule has 1 aliphatic heterocycles. The topological polar surface area (TPSA) is 60.6 Å². The van der Waals surface area contributed by atoms with E-state index in [2.05, 4.69) is 15.0 Å². The molecule has 0 aliphatic carbocycles. The van der Waals surface area contributed by atoms with E-state index in [1.54, 1.807) is 7.11 Å². The first-order valence-electron chi connectivity index (χ1n) is 6.63. The maximum absolute atomic E-state index is 5.32. The first kappa shape index (κ1) is 13.1. The van der Waals surface area contributed by atoms with Crippen molar-refractivity contribution in [2.24, 2.45) is 0 Å². The van der Waals surface area contributed by atoms with E-state index in [9.17, 15) is 0 Å². The van der Waals surface area contributed by atoms with Crippen LogP contribution in [0.3, 0.4) is 0 Å². The fourth-order valence-corrected chi connectivity index (χ4v) is 2.21. The zero-order valence-corrected chi connectivity index (χ0v) is 11.4. The summed E-state index contributed by atoms with van der Waals surface area (Å²) in [5.74, 6) is 1.92. The lowest BCUT2D eigenvalue weighted by Gasteiger charge is -2.24. The van der Waals surface area contributed by atoms with Gasteiger partial charge < -0.3 is 14.0 Å². The van der Waals surface area contributed by atoms with Gasteiger partial charge in [-0.3, -0.25) is 4.90 Å². The average molecular weight is 275 g/mol. The average Bonchev–Trinajstić information content (AvgIpc) is 2.96. The standard InChI is InChI=1S/C14H17N3O3/c1-18-12-5-3-2-4-11(12)14-15-13(20-16-14)10-17-6-8-19-9-7-17/h2-5H,6-10H2,1H3. The van der Waals surface area contributed by atoms with Crippen LogP contribution in [0.5, 0.6) is 5.75 Å². The highest BCUT2D eigenvalue weighted by Gasteiger charge is 2.16. The van der Waals surface area contributed by atoms with E-state index >= 15 is 0 Å². The van der Waals surface area contributed by atoms with Crippen LogP contribution >= 0.6 is 0 Å². The van der Waals surface area contributed by atoms with Crippen molar-refractivity contribution in [3.05, 3.63) is 30.2 Å². The largest absolute Gasteiger partial charge is 0.496 e. The molecule has 0 amide bonds. The molecule has 6 nitrogen and oxygen atoms in total. The Labute approximate surface area is 117 Å². The van der Waals surface area contributed by atoms with Crippen molar-refractivity contribution in [3.63, 3.8) is 0 Å². The predicted octanol–water partition coefficient (Wildman–Crippen LogP) is 1.58. The van der Waals surface area contributed by atoms with Gasteiger partial charge in [0.15, 0.2) is 0 Å². The molecule has 6 heteroatoms. The van der Waals surface area contributed by atoms with Crippen molar-refractivity contribution in [1.82, 2.24) is 15.0 Å². The summed E-state index contributed by atoms with van der Waals surface area (Å²) in [7, 11) is 1.63. The van der Waals surface area contributed by atoms with Gasteiger partial charge in [0.25, 0.3) is 0 Å². The molecule has 1 aromatic carbocycles. The van der Waals surface area contributed by atoms with Gasteiger partial charge in [0.05, 0.1) is 32.4 Å². The van der Waals surface area contributed by atoms with Crippen LogP contribution in [0.4, 0.5) is 0 Å². The van der Waals surface area contributed by atoms with Crippen LogP contribution in [-0.4, -0.2) is 48.5 Å². The van der Waals surface area contributed by atoms with Crippen molar-refractivity contribution in [2.75, 3.05) is 33.4 Å². The number of rotatable bonds is 4. The summed E-state index contributed by atoms with van der Waals surface area (Å²) in [6.45, 7) is 3.96. The van der Waals surface area contributed by atoms with Crippen molar-refractivity contribution < 1.29 is 14.0 Å². The minimum absolute atomic E-state index is 0.561. The molecular weight excluding hydrogens is 258 g/mol. The number of hydrogen-bond donors (Lipinski definition) is 0. The predicted molar refractivity (Wildman–Crippen MR) is 72.4 cm³/mol. The van der Waals surface area contributed by atoms with E-state index in [0.717, 1.165) is 37.6 Å². The van der Waals surface area contributed by atoms with Crippen LogP contribution in [-0.2, 0) is 11.3 Å². The molecule has 2 heterocycles. The number of nitrogens with zero attached hydrogens (tertiary/aromatic N) is 3. The van der Waals surface area contributed by atoms with Gasteiger partial charge in [0.1, 0.15) is 5.75 Å². The normalized spacial score (nSPS) is 16.2. The maximum Gasteiger partial charge on any atom is 0.241 e. The molecule has 106 valence electrons. The third-order valence-electron chi connectivity index (χ3n) is 3.28. The number of ether oxygens (including phenoxy) is 2. The molecule has 20 heavy (non-hydrogen) atoms. The van der Waals surface area contributed by atoms with Crippen LogP contribution < -0.4 is 4.74 Å². The zero-order valence-electron chi connectivity index (χ0n) is 11.4. The quantitative estimate of drug-likeness (QED) is 0.844. The minimum atomic E-state index is 0.561. The van der Waals surface area contributed by atoms with Gasteiger partial charge in [-0.05, 0) is 12.1 Å². The van der Waals surface area contributed by atoms with Crippen molar-refractivity contribution >= 4 is 0 Å². The highest BCUT2D eigenvalue weighted by molar-refractivity contribution is 5.63. The van der Waals surface area contributed by atoms with E-state index in [-0.39, 0.29) is 0 Å². The van der Waals surface area contributed by atoms with Crippen molar-refractivity contribution in [3.8, 4) is 17.1 Å². The number of para-hydroxylation sites is 1. The number of benzene rings is 1. The van der Waals surface area contributed by atoms with E-state index < -0.39 is 0 Å². The Balaban J connectivity index is 1.75. The third-order valence-corrected chi connectivity index (χ3v) is 3.28. The van der Waals surface area contributed by atoms with Crippen LogP contribution in [0, 0.1) is 0 Å². The first-order valence-corrected chi connectivity index (χ1v) is 6.63. The fourth-order valence-electron chi connectivity index (χ4n) is 2.21. The summed E-state index contributed by atoms with van der Waals surface area (Å²) < 4.78 is 15.9. The van der Waals surface area contributed by atoms with Gasteiger partial charge in [0.2, 0.25) is 11.7 Å². The second-order valence-electron chi connectivity index (χ2n) is 4.60. The molecule has 2 aromatic rings. The molecule has 0 bridgehead atoms. The summed E-state index contributed by atoms with van der Waals surface area (Å²) >= 11 is 0. The molecule has 1 aliphatic rings. The Bertz CT molecular complexity index is 564. The fraction of sp³-hybridized carbons (Fsp3) is 0.429. The molecular formula is C14H17N3O3. The third kappa shape index (κ3) is 2.81. The summed E-state index contributed by atoms with van der Waals surface area (Å²) in [6, 6.07) is 7.64. The lowest BCUT2D eigenvalue weighted by Crippen LogP contribution is -2.35. The molecule has 0 spiro atoms. The molecule has 0 saturated carbocycles. The summed E-state index contributed by atoms with van der Waals surface area (Å²) in [6.07, 6.45) is 0. The van der Waals surface area contributed by atoms with Gasteiger partial charge in [-0.1, -0.05) is 17.3 Å². The Morgan fingerprint density at radius 2 is 2.05 bits per heavy atom. The Morgan fingerprint density at radius 3 is 2.85 bits per heavy atom. The van der Waals surface area contributed by atoms with Gasteiger partial charge in [-0.25, -0.2) is 0 Å². The molecule has 1 aromatic heterocycles. The number of morpholine rings is 1. The number of aromatic nitrogens is 2. The van der Waals surface area contributed by atoms with E-state index in [1.165, 1.54) is 0 Å². The second kappa shape index (κ2) is 6.02. The highest BCUT2D eigenvalue weighted by Crippen LogP contribution is 2.27. The minimum Gasteiger partial charge on any atom is -0.496 e. The monoisotopic (exact) mass is 275 g/mol. The molecule has 3 rings (SSSR count).